The van der Waals surface area contributed by atoms with E-state index in [0.29, 0.717) is 12.0 Å². The summed E-state index contributed by atoms with van der Waals surface area (Å²) >= 11 is 0. The van der Waals surface area contributed by atoms with Crippen LogP contribution in [0.25, 0.3) is 0 Å². The Labute approximate surface area is 129 Å². The second-order valence-electron chi connectivity index (χ2n) is 4.98. The van der Waals surface area contributed by atoms with Gasteiger partial charge < -0.3 is 4.98 Å². The Balaban J connectivity index is 1.73. The van der Waals surface area contributed by atoms with E-state index in [1.807, 2.05) is 0 Å². The normalized spacial score (nSPS) is 10.7. The van der Waals surface area contributed by atoms with Crippen LogP contribution in [0.5, 0.6) is 0 Å². The number of benzene rings is 1. The first-order valence-electron chi connectivity index (χ1n) is 6.83. The molecule has 0 atom stereocenters. The fourth-order valence-electron chi connectivity index (χ4n) is 2.26. The van der Waals surface area contributed by atoms with Crippen molar-refractivity contribution in [2.75, 3.05) is 0 Å². The minimum Gasteiger partial charge on any atom is -0.367 e. The molecule has 0 radical (unpaired) electrons. The van der Waals surface area contributed by atoms with E-state index in [9.17, 15) is 14.0 Å². The minimum atomic E-state index is -0.795. The van der Waals surface area contributed by atoms with Crippen molar-refractivity contribution in [1.29, 1.82) is 0 Å². The number of aromatic nitrogens is 5. The molecule has 3 aromatic rings. The number of carbonyl (C=O) groups is 2. The molecule has 0 amide bonds. The van der Waals surface area contributed by atoms with E-state index in [1.54, 1.807) is 24.5 Å². The van der Waals surface area contributed by atoms with Gasteiger partial charge in [0.15, 0.2) is 0 Å². The molecule has 0 spiro atoms. The molecule has 0 fully saturated rings. The number of rotatable bonds is 6. The first-order valence-corrected chi connectivity index (χ1v) is 6.83. The molecule has 0 aliphatic carbocycles. The van der Waals surface area contributed by atoms with E-state index < -0.39 is 11.6 Å². The zero-order chi connectivity index (χ0) is 16.2. The largest absolute Gasteiger partial charge is 0.367 e. The Hall–Kier alpha value is -3.16. The lowest BCUT2D eigenvalue weighted by molar-refractivity contribution is -0.114. The third kappa shape index (κ3) is 3.37. The maximum Gasteiger partial charge on any atom is 0.269 e. The van der Waals surface area contributed by atoms with E-state index in [4.69, 9.17) is 0 Å². The first-order chi connectivity index (χ1) is 11.1. The summed E-state index contributed by atoms with van der Waals surface area (Å²) in [6.07, 6.45) is 3.75. The highest BCUT2D eigenvalue weighted by Crippen LogP contribution is 2.16. The highest BCUT2D eigenvalue weighted by Gasteiger charge is 2.22. The van der Waals surface area contributed by atoms with Crippen LogP contribution in [0.4, 0.5) is 4.39 Å². The van der Waals surface area contributed by atoms with E-state index >= 15 is 0 Å². The Kier molecular flexibility index (Phi) is 4.05. The van der Waals surface area contributed by atoms with Gasteiger partial charge in [-0.05, 0) is 40.5 Å². The predicted octanol–water partition coefficient (Wildman–Crippen LogP) is 1.25. The zero-order valence-electron chi connectivity index (χ0n) is 11.9. The van der Waals surface area contributed by atoms with Gasteiger partial charge >= 0.3 is 0 Å². The lowest BCUT2D eigenvalue weighted by Crippen LogP contribution is -2.18. The van der Waals surface area contributed by atoms with E-state index in [-0.39, 0.29) is 18.1 Å². The molecule has 2 heterocycles. The number of hydrogen-bond donors (Lipinski definition) is 2. The first kappa shape index (κ1) is 14.8. The van der Waals surface area contributed by atoms with E-state index in [1.165, 1.54) is 12.1 Å². The standard InChI is InChI=1S/C15H12FN5O2/c16-12-3-1-2-9(5-12)4-10-7-17-8-11(10)6-13(22)14(23)15-18-20-21-19-15/h1-3,5,7-8,17H,4,6H2,(H,18,19,20,21). The fraction of sp³-hybridized carbons (Fsp3) is 0.133. The van der Waals surface area contributed by atoms with Gasteiger partial charge in [0.1, 0.15) is 5.82 Å². The van der Waals surface area contributed by atoms with Crippen molar-refractivity contribution in [3.8, 4) is 0 Å². The molecule has 0 aliphatic heterocycles. The number of H-pyrrole nitrogens is 2. The highest BCUT2D eigenvalue weighted by molar-refractivity contribution is 6.43. The van der Waals surface area contributed by atoms with Crippen molar-refractivity contribution in [1.82, 2.24) is 25.6 Å². The maximum absolute atomic E-state index is 13.2. The van der Waals surface area contributed by atoms with Crippen LogP contribution in [-0.4, -0.2) is 37.2 Å². The number of nitrogens with one attached hydrogen (secondary N) is 2. The number of carbonyl (C=O) groups excluding carboxylic acids is 2. The molecule has 7 nitrogen and oxygen atoms in total. The van der Waals surface area contributed by atoms with Gasteiger partial charge in [0.2, 0.25) is 11.6 Å². The summed E-state index contributed by atoms with van der Waals surface area (Å²) in [6.45, 7) is 0. The van der Waals surface area contributed by atoms with E-state index in [2.05, 4.69) is 25.6 Å². The quantitative estimate of drug-likeness (QED) is 0.526. The van der Waals surface area contributed by atoms with Crippen LogP contribution in [0.3, 0.4) is 0 Å². The summed E-state index contributed by atoms with van der Waals surface area (Å²) in [4.78, 5) is 26.8. The summed E-state index contributed by atoms with van der Waals surface area (Å²) in [6, 6.07) is 6.23. The second-order valence-corrected chi connectivity index (χ2v) is 4.98. The summed E-state index contributed by atoms with van der Waals surface area (Å²) in [5.74, 6) is -2.00. The Morgan fingerprint density at radius 2 is 2.00 bits per heavy atom. The Bertz CT molecular complexity index is 841. The third-order valence-electron chi connectivity index (χ3n) is 3.36. The fourth-order valence-corrected chi connectivity index (χ4v) is 2.26. The maximum atomic E-state index is 13.2. The molecule has 2 N–H and O–H groups in total. The van der Waals surface area contributed by atoms with Crippen LogP contribution in [-0.2, 0) is 17.6 Å². The molecular formula is C15H12FN5O2. The monoisotopic (exact) mass is 313 g/mol. The van der Waals surface area contributed by atoms with Crippen molar-refractivity contribution in [2.24, 2.45) is 0 Å². The van der Waals surface area contributed by atoms with Crippen molar-refractivity contribution < 1.29 is 14.0 Å². The van der Waals surface area contributed by atoms with Crippen LogP contribution in [0, 0.1) is 5.82 Å². The summed E-state index contributed by atoms with van der Waals surface area (Å²) in [5.41, 5.74) is 2.28. The van der Waals surface area contributed by atoms with Crippen molar-refractivity contribution in [2.45, 2.75) is 12.8 Å². The summed E-state index contributed by atoms with van der Waals surface area (Å²) in [7, 11) is 0. The number of ketones is 2. The Morgan fingerprint density at radius 3 is 2.74 bits per heavy atom. The SMILES string of the molecule is O=C(Cc1c[nH]cc1Cc1cccc(F)c1)C(=O)c1nn[nH]n1. The predicted molar refractivity (Wildman–Crippen MR) is 77.2 cm³/mol. The molecule has 8 heteroatoms. The van der Waals surface area contributed by atoms with Crippen LogP contribution in [0.15, 0.2) is 36.7 Å². The number of aromatic amines is 2. The van der Waals surface area contributed by atoms with Gasteiger partial charge in [0.25, 0.3) is 5.78 Å². The molecule has 116 valence electrons. The topological polar surface area (TPSA) is 104 Å². The lowest BCUT2D eigenvalue weighted by atomic mass is 10.00. The summed E-state index contributed by atoms with van der Waals surface area (Å²) in [5, 5.41) is 12.4. The second kappa shape index (κ2) is 6.30. The van der Waals surface area contributed by atoms with Crippen molar-refractivity contribution in [3.63, 3.8) is 0 Å². The number of Topliss-reactive ketones (excluding diaryl/α,β-unsaturated/α-hetero) is 2. The van der Waals surface area contributed by atoms with Gasteiger partial charge in [-0.3, -0.25) is 9.59 Å². The van der Waals surface area contributed by atoms with Crippen molar-refractivity contribution >= 4 is 11.6 Å². The number of nitrogens with zero attached hydrogens (tertiary/aromatic N) is 3. The molecule has 0 saturated heterocycles. The average Bonchev–Trinajstić information content (AvgIpc) is 3.19. The molecule has 3 rings (SSSR count). The minimum absolute atomic E-state index is 0.0818. The van der Waals surface area contributed by atoms with Crippen LogP contribution < -0.4 is 0 Å². The summed E-state index contributed by atoms with van der Waals surface area (Å²) < 4.78 is 13.2. The van der Waals surface area contributed by atoms with Gasteiger partial charge in [-0.25, -0.2) is 4.39 Å². The van der Waals surface area contributed by atoms with E-state index in [0.717, 1.165) is 11.1 Å². The van der Waals surface area contributed by atoms with Crippen LogP contribution in [0.1, 0.15) is 27.3 Å². The lowest BCUT2D eigenvalue weighted by Gasteiger charge is -2.03. The number of hydrogen-bond acceptors (Lipinski definition) is 5. The molecular weight excluding hydrogens is 301 g/mol. The van der Waals surface area contributed by atoms with Crippen LogP contribution in [0.2, 0.25) is 0 Å². The smallest absolute Gasteiger partial charge is 0.269 e. The van der Waals surface area contributed by atoms with Crippen LogP contribution >= 0.6 is 0 Å². The molecule has 0 bridgehead atoms. The number of halogens is 1. The van der Waals surface area contributed by atoms with Gasteiger partial charge in [0.05, 0.1) is 0 Å². The van der Waals surface area contributed by atoms with Crippen molar-refractivity contribution in [3.05, 3.63) is 65.0 Å². The average molecular weight is 313 g/mol. The Morgan fingerprint density at radius 1 is 1.17 bits per heavy atom. The van der Waals surface area contributed by atoms with Gasteiger partial charge in [-0.1, -0.05) is 12.1 Å². The zero-order valence-corrected chi connectivity index (χ0v) is 11.9. The van der Waals surface area contributed by atoms with Gasteiger partial charge in [0, 0.05) is 18.8 Å². The highest BCUT2D eigenvalue weighted by atomic mass is 19.1. The molecule has 0 saturated carbocycles. The molecule has 0 unspecified atom stereocenters. The molecule has 0 aliphatic rings. The molecule has 23 heavy (non-hydrogen) atoms. The molecule has 1 aromatic carbocycles. The van der Waals surface area contributed by atoms with Gasteiger partial charge in [-0.15, -0.1) is 10.2 Å². The van der Waals surface area contributed by atoms with Gasteiger partial charge in [-0.2, -0.15) is 5.21 Å². The molecule has 2 aromatic heterocycles. The third-order valence-corrected chi connectivity index (χ3v) is 3.36. The number of tetrazole rings is 1.